The third kappa shape index (κ3) is 4.29. The largest absolute Gasteiger partial charge is 0.480 e. The quantitative estimate of drug-likeness (QED) is 0.787. The summed E-state index contributed by atoms with van der Waals surface area (Å²) in [6.45, 7) is 0. The van der Waals surface area contributed by atoms with Gasteiger partial charge in [-0.25, -0.2) is 4.98 Å². The van der Waals surface area contributed by atoms with Crippen molar-refractivity contribution in [2.75, 3.05) is 5.75 Å². The summed E-state index contributed by atoms with van der Waals surface area (Å²) in [4.78, 5) is 15.2. The first-order valence-electron chi connectivity index (χ1n) is 5.38. The van der Waals surface area contributed by atoms with E-state index in [2.05, 4.69) is 26.2 Å². The standard InChI is InChI=1S/C11H13BrN2O2S/c12-7-1-4-10(13-5-7)17-6-9(11(15)16)14-8-2-3-8/h1,4-5,8-9,14H,2-3,6H2,(H,15,16). The van der Waals surface area contributed by atoms with E-state index in [0.29, 0.717) is 11.8 Å². The van der Waals surface area contributed by atoms with Crippen LogP contribution in [-0.4, -0.2) is 33.9 Å². The Morgan fingerprint density at radius 2 is 2.41 bits per heavy atom. The van der Waals surface area contributed by atoms with E-state index >= 15 is 0 Å². The maximum Gasteiger partial charge on any atom is 0.321 e. The van der Waals surface area contributed by atoms with Crippen molar-refractivity contribution in [3.8, 4) is 0 Å². The lowest BCUT2D eigenvalue weighted by Gasteiger charge is -2.12. The first-order valence-corrected chi connectivity index (χ1v) is 7.16. The van der Waals surface area contributed by atoms with Crippen molar-refractivity contribution in [3.63, 3.8) is 0 Å². The lowest BCUT2D eigenvalue weighted by atomic mass is 10.3. The fourth-order valence-electron chi connectivity index (χ4n) is 1.34. The minimum atomic E-state index is -0.790. The van der Waals surface area contributed by atoms with Gasteiger partial charge in [0.25, 0.3) is 0 Å². The second-order valence-electron chi connectivity index (χ2n) is 3.96. The van der Waals surface area contributed by atoms with Crippen LogP contribution < -0.4 is 5.32 Å². The lowest BCUT2D eigenvalue weighted by molar-refractivity contribution is -0.138. The molecule has 0 spiro atoms. The predicted octanol–water partition coefficient (Wildman–Crippen LogP) is 2.14. The van der Waals surface area contributed by atoms with Crippen LogP contribution in [0.5, 0.6) is 0 Å². The number of hydrogen-bond donors (Lipinski definition) is 2. The Bertz CT molecular complexity index is 395. The van der Waals surface area contributed by atoms with Crippen molar-refractivity contribution in [2.45, 2.75) is 30.0 Å². The minimum absolute atomic E-state index is 0.398. The maximum atomic E-state index is 11.0. The summed E-state index contributed by atoms with van der Waals surface area (Å²) in [5, 5.41) is 13.0. The zero-order valence-corrected chi connectivity index (χ0v) is 11.5. The second-order valence-corrected chi connectivity index (χ2v) is 5.91. The molecule has 2 rings (SSSR count). The minimum Gasteiger partial charge on any atom is -0.480 e. The molecule has 6 heteroatoms. The van der Waals surface area contributed by atoms with Crippen LogP contribution in [0, 0.1) is 0 Å². The number of pyridine rings is 1. The van der Waals surface area contributed by atoms with Gasteiger partial charge in [-0.1, -0.05) is 0 Å². The van der Waals surface area contributed by atoms with Crippen LogP contribution in [-0.2, 0) is 4.79 Å². The Morgan fingerprint density at radius 1 is 1.65 bits per heavy atom. The highest BCUT2D eigenvalue weighted by molar-refractivity contribution is 9.10. The molecule has 4 nitrogen and oxygen atoms in total. The van der Waals surface area contributed by atoms with Crippen LogP contribution >= 0.6 is 27.7 Å². The molecule has 1 heterocycles. The highest BCUT2D eigenvalue weighted by Crippen LogP contribution is 2.22. The van der Waals surface area contributed by atoms with Gasteiger partial charge in [-0.3, -0.25) is 4.79 Å². The molecule has 1 aliphatic carbocycles. The first-order chi connectivity index (χ1) is 8.15. The average Bonchev–Trinajstić information content (AvgIpc) is 3.10. The average molecular weight is 317 g/mol. The monoisotopic (exact) mass is 316 g/mol. The van der Waals surface area contributed by atoms with E-state index in [0.717, 1.165) is 22.3 Å². The molecule has 1 aliphatic rings. The molecule has 1 saturated carbocycles. The number of halogens is 1. The number of hydrogen-bond acceptors (Lipinski definition) is 4. The molecule has 0 amide bonds. The molecule has 1 fully saturated rings. The van der Waals surface area contributed by atoms with Crippen LogP contribution in [0.25, 0.3) is 0 Å². The molecular formula is C11H13BrN2O2S. The number of carbonyl (C=O) groups is 1. The van der Waals surface area contributed by atoms with Crippen molar-refractivity contribution in [3.05, 3.63) is 22.8 Å². The van der Waals surface area contributed by atoms with Crippen LogP contribution in [0.2, 0.25) is 0 Å². The molecule has 1 aromatic rings. The number of nitrogens with zero attached hydrogens (tertiary/aromatic N) is 1. The van der Waals surface area contributed by atoms with Gasteiger partial charge >= 0.3 is 5.97 Å². The van der Waals surface area contributed by atoms with Gasteiger partial charge in [0, 0.05) is 22.5 Å². The molecule has 92 valence electrons. The van der Waals surface area contributed by atoms with E-state index < -0.39 is 12.0 Å². The van der Waals surface area contributed by atoms with Crippen molar-refractivity contribution in [1.82, 2.24) is 10.3 Å². The van der Waals surface area contributed by atoms with E-state index in [1.54, 1.807) is 6.20 Å². The first kappa shape index (κ1) is 12.9. The SMILES string of the molecule is O=C(O)C(CSc1ccc(Br)cn1)NC1CC1. The van der Waals surface area contributed by atoms with Crippen molar-refractivity contribution < 1.29 is 9.90 Å². The summed E-state index contributed by atoms with van der Waals surface area (Å²) >= 11 is 4.77. The number of thioether (sulfide) groups is 1. The van der Waals surface area contributed by atoms with Crippen molar-refractivity contribution >= 4 is 33.7 Å². The smallest absolute Gasteiger partial charge is 0.321 e. The van der Waals surface area contributed by atoms with Crippen LogP contribution in [0.3, 0.4) is 0 Å². The van der Waals surface area contributed by atoms with E-state index in [9.17, 15) is 4.79 Å². The fraction of sp³-hybridized carbons (Fsp3) is 0.455. The van der Waals surface area contributed by atoms with Gasteiger partial charge in [0.15, 0.2) is 0 Å². The molecule has 2 N–H and O–H groups in total. The van der Waals surface area contributed by atoms with E-state index in [-0.39, 0.29) is 0 Å². The number of nitrogens with one attached hydrogen (secondary N) is 1. The summed E-state index contributed by atoms with van der Waals surface area (Å²) in [6, 6.07) is 3.69. The molecule has 0 bridgehead atoms. The normalized spacial score (nSPS) is 16.8. The number of aliphatic carboxylic acids is 1. The van der Waals surface area contributed by atoms with Crippen LogP contribution in [0.4, 0.5) is 0 Å². The van der Waals surface area contributed by atoms with Gasteiger partial charge in [0.2, 0.25) is 0 Å². The van der Waals surface area contributed by atoms with Gasteiger partial charge in [0.1, 0.15) is 6.04 Å². The molecule has 0 radical (unpaired) electrons. The second kappa shape index (κ2) is 5.84. The van der Waals surface area contributed by atoms with E-state index in [1.807, 2.05) is 12.1 Å². The van der Waals surface area contributed by atoms with Gasteiger partial charge in [0.05, 0.1) is 5.03 Å². The summed E-state index contributed by atoms with van der Waals surface area (Å²) in [5.41, 5.74) is 0. The van der Waals surface area contributed by atoms with Crippen molar-refractivity contribution in [2.24, 2.45) is 0 Å². The Labute approximate surface area is 112 Å². The summed E-state index contributed by atoms with van der Waals surface area (Å²) < 4.78 is 0.924. The molecular weight excluding hydrogens is 304 g/mol. The van der Waals surface area contributed by atoms with Gasteiger partial charge < -0.3 is 10.4 Å². The Morgan fingerprint density at radius 3 is 2.94 bits per heavy atom. The Hall–Kier alpha value is -0.590. The molecule has 0 saturated heterocycles. The highest BCUT2D eigenvalue weighted by atomic mass is 79.9. The molecule has 0 aromatic carbocycles. The number of aromatic nitrogens is 1. The van der Waals surface area contributed by atoms with Crippen LogP contribution in [0.1, 0.15) is 12.8 Å². The Kier molecular flexibility index (Phi) is 4.42. The maximum absolute atomic E-state index is 11.0. The zero-order chi connectivity index (χ0) is 12.3. The number of carboxylic acids is 1. The third-order valence-corrected chi connectivity index (χ3v) is 3.92. The third-order valence-electron chi connectivity index (χ3n) is 2.41. The highest BCUT2D eigenvalue weighted by Gasteiger charge is 2.28. The van der Waals surface area contributed by atoms with E-state index in [4.69, 9.17) is 5.11 Å². The van der Waals surface area contributed by atoms with Crippen LogP contribution in [0.15, 0.2) is 27.8 Å². The molecule has 1 atom stereocenters. The summed E-state index contributed by atoms with van der Waals surface area (Å²) in [7, 11) is 0. The molecule has 1 unspecified atom stereocenters. The summed E-state index contributed by atoms with van der Waals surface area (Å²) in [5.74, 6) is -0.290. The van der Waals surface area contributed by atoms with Gasteiger partial charge in [-0.2, -0.15) is 0 Å². The molecule has 17 heavy (non-hydrogen) atoms. The Balaban J connectivity index is 1.85. The van der Waals surface area contributed by atoms with Crippen molar-refractivity contribution in [1.29, 1.82) is 0 Å². The number of carboxylic acid groups (broad SMARTS) is 1. The van der Waals surface area contributed by atoms with Gasteiger partial charge in [-0.05, 0) is 40.9 Å². The fourth-order valence-corrected chi connectivity index (χ4v) is 2.44. The molecule has 0 aliphatic heterocycles. The summed E-state index contributed by atoms with van der Waals surface area (Å²) in [6.07, 6.45) is 3.89. The molecule has 1 aromatic heterocycles. The topological polar surface area (TPSA) is 62.2 Å². The zero-order valence-electron chi connectivity index (χ0n) is 9.10. The van der Waals surface area contributed by atoms with Gasteiger partial charge in [-0.15, -0.1) is 11.8 Å². The lowest BCUT2D eigenvalue weighted by Crippen LogP contribution is -2.40. The van der Waals surface area contributed by atoms with E-state index in [1.165, 1.54) is 11.8 Å². The number of rotatable bonds is 6. The predicted molar refractivity (Wildman–Crippen MR) is 70.2 cm³/mol.